The number of thiol groups is 1. The first-order chi connectivity index (χ1) is 14.1. The molecule has 9 nitrogen and oxygen atoms in total. The quantitative estimate of drug-likeness (QED) is 0.0731. The molecule has 0 heterocycles. The number of ether oxygens (including phenoxy) is 2. The van der Waals surface area contributed by atoms with Crippen LogP contribution >= 0.6 is 12.6 Å². The van der Waals surface area contributed by atoms with Crippen LogP contribution in [-0.2, 0) is 19.1 Å². The van der Waals surface area contributed by atoms with Crippen LogP contribution in [0.4, 0.5) is 0 Å². The van der Waals surface area contributed by atoms with Gasteiger partial charge >= 0.3 is 11.9 Å². The van der Waals surface area contributed by atoms with Gasteiger partial charge in [0.25, 0.3) is 0 Å². The molecule has 1 unspecified atom stereocenters. The Balaban J connectivity index is 5.57. The molecule has 0 amide bonds. The summed E-state index contributed by atoms with van der Waals surface area (Å²) in [6.07, 6.45) is 3.59. The van der Waals surface area contributed by atoms with Crippen molar-refractivity contribution >= 4 is 30.3 Å². The second-order valence-corrected chi connectivity index (χ2v) is 7.14. The monoisotopic (exact) mass is 438 g/mol. The molecule has 0 spiro atoms. The van der Waals surface area contributed by atoms with Gasteiger partial charge in [-0.25, -0.2) is 9.59 Å². The molecule has 10 heteroatoms. The van der Waals surface area contributed by atoms with E-state index < -0.39 is 18.0 Å². The highest BCUT2D eigenvalue weighted by Gasteiger charge is 2.22. The van der Waals surface area contributed by atoms with Gasteiger partial charge in [0.2, 0.25) is 0 Å². The number of rotatable bonds is 11. The van der Waals surface area contributed by atoms with Crippen molar-refractivity contribution in [2.24, 2.45) is 16.8 Å². The average molecular weight is 439 g/mol. The molecule has 166 valence electrons. The number of methoxy groups -OCH3 is 1. The number of nitrogens with one attached hydrogen (secondary N) is 1. The number of allylic oxidation sites excluding steroid dienone is 3. The lowest BCUT2D eigenvalue weighted by atomic mass is 10.0. The number of nitriles is 1. The highest BCUT2D eigenvalue weighted by Crippen LogP contribution is 2.19. The fourth-order valence-electron chi connectivity index (χ4n) is 2.32. The minimum Gasteiger partial charge on any atom is -0.467 e. The van der Waals surface area contributed by atoms with Gasteiger partial charge in [0, 0.05) is 0 Å². The van der Waals surface area contributed by atoms with E-state index in [1.807, 2.05) is 19.9 Å². The Hall–Kier alpha value is -2.93. The number of hydrogen-bond donors (Lipinski definition) is 4. The van der Waals surface area contributed by atoms with E-state index in [1.54, 1.807) is 19.9 Å². The summed E-state index contributed by atoms with van der Waals surface area (Å²) >= 11 is 4.32. The third-order valence-corrected chi connectivity index (χ3v) is 4.23. The van der Waals surface area contributed by atoms with Crippen LogP contribution in [0.25, 0.3) is 0 Å². The summed E-state index contributed by atoms with van der Waals surface area (Å²) < 4.78 is 9.55. The molecule has 0 saturated heterocycles. The molecular formula is C20H30N4O5S. The Morgan fingerprint density at radius 3 is 2.50 bits per heavy atom. The number of carbonyl (C=O) groups excluding carboxylic acids is 2. The van der Waals surface area contributed by atoms with Crippen LogP contribution in [0.3, 0.4) is 0 Å². The SMILES string of the molecule is CCOC(=O)C(/C=C/C/C(C)=C(N)/C(C#N)=C(\S)NC(CC(C)C)C(=O)OC)=N/O. The number of oxime groups is 1. The van der Waals surface area contributed by atoms with E-state index in [0.29, 0.717) is 12.0 Å². The number of esters is 2. The lowest BCUT2D eigenvalue weighted by Crippen LogP contribution is -2.37. The van der Waals surface area contributed by atoms with Crippen LogP contribution < -0.4 is 11.1 Å². The largest absolute Gasteiger partial charge is 0.467 e. The summed E-state index contributed by atoms with van der Waals surface area (Å²) in [5.74, 6) is -1.02. The number of hydrogen-bond acceptors (Lipinski definition) is 10. The minimum absolute atomic E-state index is 0.0725. The summed E-state index contributed by atoms with van der Waals surface area (Å²) in [5, 5.41) is 24.4. The van der Waals surface area contributed by atoms with Crippen molar-refractivity contribution in [2.75, 3.05) is 13.7 Å². The van der Waals surface area contributed by atoms with Crippen LogP contribution in [0.15, 0.2) is 39.2 Å². The van der Waals surface area contributed by atoms with Gasteiger partial charge in [0.05, 0.1) is 24.4 Å². The van der Waals surface area contributed by atoms with Gasteiger partial charge in [-0.05, 0) is 44.3 Å². The molecule has 0 aliphatic rings. The minimum atomic E-state index is -0.760. The fourth-order valence-corrected chi connectivity index (χ4v) is 2.65. The van der Waals surface area contributed by atoms with E-state index in [2.05, 4.69) is 23.1 Å². The van der Waals surface area contributed by atoms with Gasteiger partial charge in [-0.15, -0.1) is 12.6 Å². The molecular weight excluding hydrogens is 408 g/mol. The highest BCUT2D eigenvalue weighted by molar-refractivity contribution is 7.84. The van der Waals surface area contributed by atoms with Crippen LogP contribution in [0.2, 0.25) is 0 Å². The van der Waals surface area contributed by atoms with Crippen molar-refractivity contribution < 1.29 is 24.3 Å². The summed E-state index contributed by atoms with van der Waals surface area (Å²) in [7, 11) is 1.29. The van der Waals surface area contributed by atoms with Gasteiger partial charge in [0.1, 0.15) is 17.7 Å². The second-order valence-electron chi connectivity index (χ2n) is 6.69. The van der Waals surface area contributed by atoms with E-state index in [0.717, 1.165) is 0 Å². The van der Waals surface area contributed by atoms with Crippen LogP contribution in [0, 0.1) is 17.2 Å². The van der Waals surface area contributed by atoms with E-state index in [4.69, 9.17) is 20.4 Å². The summed E-state index contributed by atoms with van der Waals surface area (Å²) in [5.41, 5.74) is 6.70. The molecule has 4 N–H and O–H groups in total. The lowest BCUT2D eigenvalue weighted by molar-refractivity contribution is -0.143. The zero-order chi connectivity index (χ0) is 23.3. The lowest BCUT2D eigenvalue weighted by Gasteiger charge is -2.20. The van der Waals surface area contributed by atoms with Gasteiger partial charge < -0.3 is 25.7 Å². The smallest absolute Gasteiger partial charge is 0.360 e. The predicted octanol–water partition coefficient (Wildman–Crippen LogP) is 2.40. The maximum absolute atomic E-state index is 12.0. The third kappa shape index (κ3) is 9.05. The number of carbonyl (C=O) groups is 2. The van der Waals surface area contributed by atoms with Crippen LogP contribution in [0.5, 0.6) is 0 Å². The van der Waals surface area contributed by atoms with Crippen LogP contribution in [0.1, 0.15) is 40.5 Å². The zero-order valence-corrected chi connectivity index (χ0v) is 18.8. The first-order valence-electron chi connectivity index (χ1n) is 9.31. The Bertz CT molecular complexity index is 779. The number of nitrogens with two attached hydrogens (primary N) is 1. The predicted molar refractivity (Wildman–Crippen MR) is 117 cm³/mol. The highest BCUT2D eigenvalue weighted by atomic mass is 32.1. The van der Waals surface area contributed by atoms with E-state index in [-0.39, 0.29) is 41.0 Å². The maximum atomic E-state index is 12.0. The average Bonchev–Trinajstić information content (AvgIpc) is 2.70. The van der Waals surface area contributed by atoms with Crippen molar-refractivity contribution in [1.29, 1.82) is 5.26 Å². The molecule has 0 saturated carbocycles. The van der Waals surface area contributed by atoms with E-state index >= 15 is 0 Å². The van der Waals surface area contributed by atoms with Crippen molar-refractivity contribution in [1.82, 2.24) is 5.32 Å². The Morgan fingerprint density at radius 1 is 1.40 bits per heavy atom. The van der Waals surface area contributed by atoms with Crippen molar-refractivity contribution in [3.63, 3.8) is 0 Å². The molecule has 0 aliphatic carbocycles. The van der Waals surface area contributed by atoms with Crippen LogP contribution in [-0.4, -0.2) is 42.6 Å². The molecule has 0 radical (unpaired) electrons. The normalized spacial score (nSPS) is 14.5. The molecule has 0 aromatic rings. The Morgan fingerprint density at radius 2 is 2.03 bits per heavy atom. The van der Waals surface area contributed by atoms with E-state index in [1.165, 1.54) is 13.2 Å². The summed E-state index contributed by atoms with van der Waals surface area (Å²) in [4.78, 5) is 23.6. The molecule has 0 aliphatic heterocycles. The second kappa shape index (κ2) is 14.1. The van der Waals surface area contributed by atoms with Crippen molar-refractivity contribution in [2.45, 2.75) is 46.6 Å². The van der Waals surface area contributed by atoms with Crippen molar-refractivity contribution in [3.05, 3.63) is 34.0 Å². The topological polar surface area (TPSA) is 147 Å². The van der Waals surface area contributed by atoms with Gasteiger partial charge in [-0.2, -0.15) is 5.26 Å². The fraction of sp³-hybridized carbons (Fsp3) is 0.500. The third-order valence-electron chi connectivity index (χ3n) is 3.87. The molecule has 0 bridgehead atoms. The molecule has 0 rings (SSSR count). The molecule has 0 aromatic heterocycles. The van der Waals surface area contributed by atoms with Gasteiger partial charge in [0.15, 0.2) is 5.71 Å². The maximum Gasteiger partial charge on any atom is 0.360 e. The first-order valence-corrected chi connectivity index (χ1v) is 9.76. The first kappa shape index (κ1) is 27.1. The summed E-state index contributed by atoms with van der Waals surface area (Å²) in [6, 6.07) is 1.31. The molecule has 1 atom stereocenters. The molecule has 30 heavy (non-hydrogen) atoms. The standard InChI is InChI=1S/C20H30N4O5S/c1-6-29-20(26)15(24-27)9-7-8-13(4)17(22)14(11-21)18(30)23-16(10-12(2)3)19(25)28-5/h7,9,12,16,23,27,30H,6,8,10,22H2,1-5H3/b9-7+,17-13-,18-14-,24-15+. The zero-order valence-electron chi connectivity index (χ0n) is 17.9. The Kier molecular flexibility index (Phi) is 12.7. The summed E-state index contributed by atoms with van der Waals surface area (Å²) in [6.45, 7) is 7.39. The van der Waals surface area contributed by atoms with Gasteiger partial charge in [-0.1, -0.05) is 25.1 Å². The van der Waals surface area contributed by atoms with E-state index in [9.17, 15) is 14.9 Å². The molecule has 0 fully saturated rings. The molecule has 0 aromatic carbocycles. The number of nitrogens with zero attached hydrogens (tertiary/aromatic N) is 2. The van der Waals surface area contributed by atoms with Gasteiger partial charge in [-0.3, -0.25) is 0 Å². The Labute approximate surface area is 182 Å². The van der Waals surface area contributed by atoms with Crippen molar-refractivity contribution in [3.8, 4) is 6.07 Å².